The van der Waals surface area contributed by atoms with E-state index in [1.54, 1.807) is 42.5 Å². The lowest BCUT2D eigenvalue weighted by Gasteiger charge is -2.36. The topological polar surface area (TPSA) is 78.7 Å². The number of halogens is 2. The summed E-state index contributed by atoms with van der Waals surface area (Å²) >= 11 is 13.1. The zero-order chi connectivity index (χ0) is 25.1. The van der Waals surface area contributed by atoms with Gasteiger partial charge in [0, 0.05) is 53.2 Å². The van der Waals surface area contributed by atoms with Crippen molar-refractivity contribution < 1.29 is 14.0 Å². The highest BCUT2D eigenvalue weighted by atomic mass is 35.5. The molecule has 3 aromatic carbocycles. The zero-order valence-electron chi connectivity index (χ0n) is 19.1. The van der Waals surface area contributed by atoms with Crippen molar-refractivity contribution in [3.05, 3.63) is 82.3 Å². The Balaban J connectivity index is 1.10. The number of hydrogen-bond acceptors (Lipinski definition) is 6. The van der Waals surface area contributed by atoms with Gasteiger partial charge in [-0.25, -0.2) is 4.98 Å². The Bertz CT molecular complexity index is 1380. The molecule has 0 spiro atoms. The van der Waals surface area contributed by atoms with Crippen molar-refractivity contribution in [1.29, 1.82) is 0 Å². The minimum Gasteiger partial charge on any atom is -0.431 e. The van der Waals surface area contributed by atoms with Gasteiger partial charge in [0.1, 0.15) is 5.52 Å². The first-order valence-corrected chi connectivity index (χ1v) is 13.1. The fourth-order valence-electron chi connectivity index (χ4n) is 3.96. The van der Waals surface area contributed by atoms with Crippen LogP contribution in [0, 0.1) is 0 Å². The fraction of sp³-hybridized carbons (Fsp3) is 0.192. The molecule has 0 aliphatic carbocycles. The maximum atomic E-state index is 12.7. The van der Waals surface area contributed by atoms with E-state index in [1.807, 2.05) is 29.2 Å². The van der Waals surface area contributed by atoms with Gasteiger partial charge in [0.25, 0.3) is 11.1 Å². The maximum Gasteiger partial charge on any atom is 0.257 e. The van der Waals surface area contributed by atoms with Gasteiger partial charge in [-0.05, 0) is 66.7 Å². The Morgan fingerprint density at radius 1 is 0.917 bits per heavy atom. The van der Waals surface area contributed by atoms with Crippen molar-refractivity contribution in [1.82, 2.24) is 9.88 Å². The van der Waals surface area contributed by atoms with Crippen molar-refractivity contribution >= 4 is 69.3 Å². The van der Waals surface area contributed by atoms with Gasteiger partial charge < -0.3 is 19.5 Å². The van der Waals surface area contributed by atoms with Crippen molar-refractivity contribution in [2.75, 3.05) is 42.1 Å². The first kappa shape index (κ1) is 24.5. The molecule has 1 aliphatic rings. The third-order valence-electron chi connectivity index (χ3n) is 5.83. The van der Waals surface area contributed by atoms with Crippen LogP contribution >= 0.6 is 35.0 Å². The Labute approximate surface area is 222 Å². The molecule has 1 aliphatic heterocycles. The highest BCUT2D eigenvalue weighted by molar-refractivity contribution is 7.99. The number of nitrogens with one attached hydrogen (secondary N) is 1. The fourth-order valence-corrected chi connectivity index (χ4v) is 4.89. The van der Waals surface area contributed by atoms with Gasteiger partial charge in [-0.3, -0.25) is 9.59 Å². The number of benzene rings is 3. The molecule has 0 bridgehead atoms. The van der Waals surface area contributed by atoms with Gasteiger partial charge in [0.15, 0.2) is 5.58 Å². The molecule has 1 fully saturated rings. The average molecular weight is 541 g/mol. The summed E-state index contributed by atoms with van der Waals surface area (Å²) in [5.41, 5.74) is 3.70. The van der Waals surface area contributed by atoms with Crippen LogP contribution in [0.2, 0.25) is 10.0 Å². The predicted molar refractivity (Wildman–Crippen MR) is 144 cm³/mol. The van der Waals surface area contributed by atoms with E-state index in [0.717, 1.165) is 18.8 Å². The summed E-state index contributed by atoms with van der Waals surface area (Å²) in [5, 5.41) is 4.52. The van der Waals surface area contributed by atoms with E-state index in [9.17, 15) is 9.59 Å². The van der Waals surface area contributed by atoms with E-state index in [0.29, 0.717) is 50.7 Å². The van der Waals surface area contributed by atoms with Crippen molar-refractivity contribution in [3.8, 4) is 0 Å². The standard InChI is InChI=1S/C26H22Cl2N4O3S/c27-18-3-1-17(2-4-18)25(34)32-13-11-31(12-14-32)21-8-6-20(7-9-21)29-24(33)16-36-26-30-22-15-19(28)5-10-23(22)35-26/h1-10,15H,11-14,16H2,(H,29,33). The highest BCUT2D eigenvalue weighted by Gasteiger charge is 2.22. The van der Waals surface area contributed by atoms with Gasteiger partial charge in [-0.15, -0.1) is 0 Å². The van der Waals surface area contributed by atoms with Crippen molar-refractivity contribution in [2.24, 2.45) is 0 Å². The van der Waals surface area contributed by atoms with Gasteiger partial charge in [0.05, 0.1) is 5.75 Å². The molecule has 10 heteroatoms. The summed E-state index contributed by atoms with van der Waals surface area (Å²) in [6, 6.07) is 19.9. The number of carbonyl (C=O) groups excluding carboxylic acids is 2. The number of anilines is 2. The summed E-state index contributed by atoms with van der Waals surface area (Å²) in [5.74, 6) is 0.0394. The Morgan fingerprint density at radius 2 is 1.61 bits per heavy atom. The maximum absolute atomic E-state index is 12.7. The number of rotatable bonds is 6. The van der Waals surface area contributed by atoms with Crippen molar-refractivity contribution in [2.45, 2.75) is 5.22 Å². The normalized spacial score (nSPS) is 13.7. The minimum absolute atomic E-state index is 0.0175. The summed E-state index contributed by atoms with van der Waals surface area (Å²) in [6.07, 6.45) is 0. The highest BCUT2D eigenvalue weighted by Crippen LogP contribution is 2.26. The molecule has 2 amide bonds. The lowest BCUT2D eigenvalue weighted by atomic mass is 10.1. The summed E-state index contributed by atoms with van der Waals surface area (Å²) in [4.78, 5) is 33.5. The molecule has 0 unspecified atom stereocenters. The van der Waals surface area contributed by atoms with Gasteiger partial charge in [0.2, 0.25) is 5.91 Å². The zero-order valence-corrected chi connectivity index (χ0v) is 21.4. The molecule has 36 heavy (non-hydrogen) atoms. The van der Waals surface area contributed by atoms with Crippen LogP contribution in [-0.2, 0) is 4.79 Å². The van der Waals surface area contributed by atoms with Crippen LogP contribution in [0.25, 0.3) is 11.1 Å². The number of oxazole rings is 1. The predicted octanol–water partition coefficient (Wildman–Crippen LogP) is 5.83. The molecule has 4 aromatic rings. The number of hydrogen-bond donors (Lipinski definition) is 1. The van der Waals surface area contributed by atoms with Crippen LogP contribution in [0.3, 0.4) is 0 Å². The molecular weight excluding hydrogens is 519 g/mol. The van der Waals surface area contributed by atoms with Crippen molar-refractivity contribution in [3.63, 3.8) is 0 Å². The second-order valence-electron chi connectivity index (χ2n) is 8.26. The van der Waals surface area contributed by atoms with Crippen LogP contribution in [-0.4, -0.2) is 53.6 Å². The third-order valence-corrected chi connectivity index (χ3v) is 7.15. The van der Waals surface area contributed by atoms with E-state index in [-0.39, 0.29) is 17.6 Å². The Kier molecular flexibility index (Phi) is 7.36. The van der Waals surface area contributed by atoms with E-state index in [4.69, 9.17) is 27.6 Å². The van der Waals surface area contributed by atoms with Crippen LogP contribution in [0.4, 0.5) is 11.4 Å². The molecule has 1 aromatic heterocycles. The van der Waals surface area contributed by atoms with Crippen LogP contribution in [0.1, 0.15) is 10.4 Å². The van der Waals surface area contributed by atoms with Gasteiger partial charge >= 0.3 is 0 Å². The molecule has 0 saturated carbocycles. The number of nitrogens with zero attached hydrogens (tertiary/aromatic N) is 3. The van der Waals surface area contributed by atoms with Crippen LogP contribution in [0.15, 0.2) is 76.4 Å². The van der Waals surface area contributed by atoms with E-state index < -0.39 is 0 Å². The summed E-state index contributed by atoms with van der Waals surface area (Å²) < 4.78 is 5.64. The van der Waals surface area contributed by atoms with Gasteiger partial charge in [-0.2, -0.15) is 0 Å². The number of carbonyl (C=O) groups is 2. The first-order valence-electron chi connectivity index (χ1n) is 11.3. The number of aromatic nitrogens is 1. The number of fused-ring (bicyclic) bond motifs is 1. The molecule has 2 heterocycles. The average Bonchev–Trinajstić information content (AvgIpc) is 3.30. The molecule has 1 saturated heterocycles. The van der Waals surface area contributed by atoms with E-state index in [2.05, 4.69) is 15.2 Å². The monoisotopic (exact) mass is 540 g/mol. The number of thioether (sulfide) groups is 1. The number of amides is 2. The van der Waals surface area contributed by atoms with E-state index >= 15 is 0 Å². The lowest BCUT2D eigenvalue weighted by Crippen LogP contribution is -2.48. The number of piperazine rings is 1. The third kappa shape index (κ3) is 5.78. The smallest absolute Gasteiger partial charge is 0.257 e. The van der Waals surface area contributed by atoms with E-state index in [1.165, 1.54) is 11.8 Å². The Morgan fingerprint density at radius 3 is 2.33 bits per heavy atom. The SMILES string of the molecule is O=C(CSc1nc2cc(Cl)ccc2o1)Nc1ccc(N2CCN(C(=O)c3ccc(Cl)cc3)CC2)cc1. The van der Waals surface area contributed by atoms with Crippen LogP contribution < -0.4 is 10.2 Å². The largest absolute Gasteiger partial charge is 0.431 e. The molecular formula is C26H22Cl2N4O3S. The molecule has 7 nitrogen and oxygen atoms in total. The van der Waals surface area contributed by atoms with Crippen LogP contribution in [0.5, 0.6) is 0 Å². The Hall–Kier alpha value is -3.20. The summed E-state index contributed by atoms with van der Waals surface area (Å²) in [7, 11) is 0. The molecule has 184 valence electrons. The molecule has 0 radical (unpaired) electrons. The summed E-state index contributed by atoms with van der Waals surface area (Å²) in [6.45, 7) is 2.74. The van der Waals surface area contributed by atoms with Gasteiger partial charge in [-0.1, -0.05) is 35.0 Å². The second kappa shape index (κ2) is 10.8. The first-order chi connectivity index (χ1) is 17.4. The second-order valence-corrected chi connectivity index (χ2v) is 10.1. The molecule has 5 rings (SSSR count). The minimum atomic E-state index is -0.151. The molecule has 1 N–H and O–H groups in total. The molecule has 0 atom stereocenters. The lowest BCUT2D eigenvalue weighted by molar-refractivity contribution is -0.113. The quantitative estimate of drug-likeness (QED) is 0.310.